The molecule has 0 heterocycles. The van der Waals surface area contributed by atoms with Crippen molar-refractivity contribution in [3.05, 3.63) is 83.7 Å². The van der Waals surface area contributed by atoms with E-state index >= 15 is 0 Å². The Kier molecular flexibility index (Phi) is 4.15. The molecule has 0 saturated heterocycles. The highest BCUT2D eigenvalue weighted by Gasteiger charge is 2.14. The number of nitrogens with one attached hydrogen (secondary N) is 1. The van der Waals surface area contributed by atoms with Crippen LogP contribution in [-0.4, -0.2) is 12.5 Å². The van der Waals surface area contributed by atoms with Crippen molar-refractivity contribution in [3.8, 4) is 0 Å². The van der Waals surface area contributed by atoms with Crippen molar-refractivity contribution in [3.63, 3.8) is 0 Å². The van der Waals surface area contributed by atoms with Gasteiger partial charge < -0.3 is 5.32 Å². The highest BCUT2D eigenvalue weighted by atomic mass is 19.1. The number of benzene rings is 3. The first-order valence-corrected chi connectivity index (χ1v) is 7.25. The summed E-state index contributed by atoms with van der Waals surface area (Å²) in [6.45, 7) is 0.478. The first kappa shape index (κ1) is 14.3. The summed E-state index contributed by atoms with van der Waals surface area (Å²) < 4.78 is 14.1. The molecule has 3 heteroatoms. The third kappa shape index (κ3) is 2.98. The van der Waals surface area contributed by atoms with Gasteiger partial charge in [-0.2, -0.15) is 0 Å². The monoisotopic (exact) mass is 293 g/mol. The molecule has 0 radical (unpaired) electrons. The van der Waals surface area contributed by atoms with E-state index in [0.717, 1.165) is 17.4 Å². The van der Waals surface area contributed by atoms with Gasteiger partial charge in [0, 0.05) is 6.54 Å². The van der Waals surface area contributed by atoms with Gasteiger partial charge in [-0.15, -0.1) is 0 Å². The van der Waals surface area contributed by atoms with E-state index in [1.54, 1.807) is 12.1 Å². The second-order valence-electron chi connectivity index (χ2n) is 5.14. The lowest BCUT2D eigenvalue weighted by Crippen LogP contribution is -2.26. The lowest BCUT2D eigenvalue weighted by molar-refractivity contribution is 0.0952. The molecule has 3 rings (SSSR count). The smallest absolute Gasteiger partial charge is 0.254 e. The van der Waals surface area contributed by atoms with Gasteiger partial charge in [0.2, 0.25) is 0 Å². The van der Waals surface area contributed by atoms with Crippen molar-refractivity contribution in [2.75, 3.05) is 6.54 Å². The van der Waals surface area contributed by atoms with Crippen molar-refractivity contribution in [2.45, 2.75) is 6.42 Å². The number of carbonyl (C=O) groups excluding carboxylic acids is 1. The van der Waals surface area contributed by atoms with E-state index < -0.39 is 5.82 Å². The third-order valence-corrected chi connectivity index (χ3v) is 3.65. The summed E-state index contributed by atoms with van der Waals surface area (Å²) in [6, 6.07) is 20.2. The van der Waals surface area contributed by atoms with Crippen LogP contribution in [-0.2, 0) is 6.42 Å². The van der Waals surface area contributed by atoms with Crippen LogP contribution >= 0.6 is 0 Å². The van der Waals surface area contributed by atoms with Gasteiger partial charge in [-0.3, -0.25) is 4.79 Å². The molecule has 3 aromatic rings. The lowest BCUT2D eigenvalue weighted by Gasteiger charge is -2.09. The molecule has 0 aliphatic rings. The zero-order valence-corrected chi connectivity index (χ0v) is 12.1. The summed E-state index contributed by atoms with van der Waals surface area (Å²) in [4.78, 5) is 12.3. The SMILES string of the molecule is O=C(NCCc1ccccc1)c1c(F)ccc2ccccc12. The van der Waals surface area contributed by atoms with Crippen LogP contribution < -0.4 is 5.32 Å². The number of halogens is 1. The Morgan fingerprint density at radius 1 is 0.909 bits per heavy atom. The van der Waals surface area contributed by atoms with Crippen LogP contribution in [0.3, 0.4) is 0 Å². The first-order chi connectivity index (χ1) is 10.8. The van der Waals surface area contributed by atoms with Crippen LogP contribution in [0.4, 0.5) is 4.39 Å². The molecule has 1 amide bonds. The zero-order chi connectivity index (χ0) is 15.4. The molecular formula is C19H16FNO. The van der Waals surface area contributed by atoms with Crippen LogP contribution in [0.5, 0.6) is 0 Å². The summed E-state index contributed by atoms with van der Waals surface area (Å²) in [5.41, 5.74) is 1.26. The molecule has 3 aromatic carbocycles. The van der Waals surface area contributed by atoms with Gasteiger partial charge in [-0.1, -0.05) is 60.7 Å². The Morgan fingerprint density at radius 3 is 2.45 bits per heavy atom. The van der Waals surface area contributed by atoms with Crippen molar-refractivity contribution >= 4 is 16.7 Å². The number of amides is 1. The molecule has 0 spiro atoms. The van der Waals surface area contributed by atoms with Crippen LogP contribution in [0.15, 0.2) is 66.7 Å². The van der Waals surface area contributed by atoms with Crippen molar-refractivity contribution in [2.24, 2.45) is 0 Å². The maximum atomic E-state index is 14.1. The Hall–Kier alpha value is -2.68. The van der Waals surface area contributed by atoms with Crippen molar-refractivity contribution < 1.29 is 9.18 Å². The average Bonchev–Trinajstić information content (AvgIpc) is 2.55. The number of hydrogen-bond donors (Lipinski definition) is 1. The van der Waals surface area contributed by atoms with Gasteiger partial charge >= 0.3 is 0 Å². The fourth-order valence-corrected chi connectivity index (χ4v) is 2.53. The van der Waals surface area contributed by atoms with E-state index in [9.17, 15) is 9.18 Å². The summed E-state index contributed by atoms with van der Waals surface area (Å²) in [5.74, 6) is -0.860. The van der Waals surface area contributed by atoms with Crippen molar-refractivity contribution in [1.29, 1.82) is 0 Å². The molecule has 0 aliphatic carbocycles. The Bertz CT molecular complexity index is 799. The number of fused-ring (bicyclic) bond motifs is 1. The van der Waals surface area contributed by atoms with Gasteiger partial charge in [-0.05, 0) is 28.8 Å². The van der Waals surface area contributed by atoms with Gasteiger partial charge in [-0.25, -0.2) is 4.39 Å². The largest absolute Gasteiger partial charge is 0.352 e. The minimum Gasteiger partial charge on any atom is -0.352 e. The summed E-state index contributed by atoms with van der Waals surface area (Å²) in [7, 11) is 0. The predicted octanol–water partition coefficient (Wildman–Crippen LogP) is 3.95. The van der Waals surface area contributed by atoms with Gasteiger partial charge in [0.15, 0.2) is 0 Å². The van der Waals surface area contributed by atoms with Crippen LogP contribution in [0.2, 0.25) is 0 Å². The standard InChI is InChI=1S/C19H16FNO/c20-17-11-10-15-8-4-5-9-16(15)18(17)19(22)21-13-12-14-6-2-1-3-7-14/h1-11H,12-13H2,(H,21,22). The fourth-order valence-electron chi connectivity index (χ4n) is 2.53. The summed E-state index contributed by atoms with van der Waals surface area (Å²) in [5, 5.41) is 4.30. The summed E-state index contributed by atoms with van der Waals surface area (Å²) in [6.07, 6.45) is 0.721. The van der Waals surface area contributed by atoms with Crippen LogP contribution in [0, 0.1) is 5.82 Å². The maximum Gasteiger partial charge on any atom is 0.254 e. The molecule has 1 N–H and O–H groups in total. The van der Waals surface area contributed by atoms with Crippen molar-refractivity contribution in [1.82, 2.24) is 5.32 Å². The molecule has 0 atom stereocenters. The second-order valence-corrected chi connectivity index (χ2v) is 5.14. The second kappa shape index (κ2) is 6.39. The highest BCUT2D eigenvalue weighted by Crippen LogP contribution is 2.21. The number of carbonyl (C=O) groups is 1. The minimum absolute atomic E-state index is 0.117. The lowest BCUT2D eigenvalue weighted by atomic mass is 10.0. The molecule has 110 valence electrons. The number of hydrogen-bond acceptors (Lipinski definition) is 1. The normalized spacial score (nSPS) is 10.6. The molecule has 0 unspecified atom stereocenters. The Morgan fingerprint density at radius 2 is 1.64 bits per heavy atom. The zero-order valence-electron chi connectivity index (χ0n) is 12.1. The Labute approximate surface area is 128 Å². The topological polar surface area (TPSA) is 29.1 Å². The molecular weight excluding hydrogens is 277 g/mol. The van der Waals surface area contributed by atoms with Gasteiger partial charge in [0.25, 0.3) is 5.91 Å². The quantitative estimate of drug-likeness (QED) is 0.775. The number of rotatable bonds is 4. The summed E-state index contributed by atoms with van der Waals surface area (Å²) >= 11 is 0. The van der Waals surface area contributed by atoms with E-state index in [4.69, 9.17) is 0 Å². The molecule has 0 fully saturated rings. The predicted molar refractivity (Wildman–Crippen MR) is 86.4 cm³/mol. The Balaban J connectivity index is 1.76. The minimum atomic E-state index is -0.490. The molecule has 22 heavy (non-hydrogen) atoms. The molecule has 0 aromatic heterocycles. The van der Waals surface area contributed by atoms with E-state index in [0.29, 0.717) is 11.9 Å². The van der Waals surface area contributed by atoms with Crippen LogP contribution in [0.1, 0.15) is 15.9 Å². The molecule has 0 aliphatic heterocycles. The highest BCUT2D eigenvalue weighted by molar-refractivity contribution is 6.07. The van der Waals surface area contributed by atoms with E-state index in [1.807, 2.05) is 48.5 Å². The van der Waals surface area contributed by atoms with Crippen LogP contribution in [0.25, 0.3) is 10.8 Å². The average molecular weight is 293 g/mol. The van der Waals surface area contributed by atoms with Gasteiger partial charge in [0.05, 0.1) is 5.56 Å². The van der Waals surface area contributed by atoms with E-state index in [-0.39, 0.29) is 11.5 Å². The molecule has 0 bridgehead atoms. The van der Waals surface area contributed by atoms with Gasteiger partial charge in [0.1, 0.15) is 5.82 Å². The maximum absolute atomic E-state index is 14.1. The third-order valence-electron chi connectivity index (χ3n) is 3.65. The van der Waals surface area contributed by atoms with E-state index in [1.165, 1.54) is 6.07 Å². The van der Waals surface area contributed by atoms with E-state index in [2.05, 4.69) is 5.32 Å². The molecule has 2 nitrogen and oxygen atoms in total. The molecule has 0 saturated carbocycles. The fraction of sp³-hybridized carbons (Fsp3) is 0.105. The first-order valence-electron chi connectivity index (χ1n) is 7.25.